The van der Waals surface area contributed by atoms with Gasteiger partial charge in [-0.05, 0) is 18.4 Å². The smallest absolute Gasteiger partial charge is 0.0389 e. The van der Waals surface area contributed by atoms with E-state index in [4.69, 9.17) is 0 Å². The maximum absolute atomic E-state index is 3.61. The van der Waals surface area contributed by atoms with E-state index in [-0.39, 0.29) is 0 Å². The Kier molecular flexibility index (Phi) is 3.58. The van der Waals surface area contributed by atoms with Gasteiger partial charge in [0, 0.05) is 29.7 Å². The Morgan fingerprint density at radius 3 is 2.86 bits per heavy atom. The number of thioether (sulfide) groups is 1. The first-order valence-corrected chi connectivity index (χ1v) is 8.03. The maximum Gasteiger partial charge on any atom is 0.0389 e. The Balaban J connectivity index is 2.81. The van der Waals surface area contributed by atoms with Gasteiger partial charge in [-0.15, -0.1) is 23.1 Å². The quantitative estimate of drug-likeness (QED) is 0.523. The van der Waals surface area contributed by atoms with E-state index in [1.807, 2.05) is 23.1 Å². The fraction of sp³-hybridized carbons (Fsp3) is 0.200. The average molecular weight is 352 g/mol. The number of rotatable bonds is 2. The third kappa shape index (κ3) is 1.77. The van der Waals surface area contributed by atoms with Crippen LogP contribution in [0.4, 0.5) is 0 Å². The lowest BCUT2D eigenvalue weighted by Gasteiger charge is -1.98. The summed E-state index contributed by atoms with van der Waals surface area (Å²) < 4.78 is 2.56. The van der Waals surface area contributed by atoms with Crippen LogP contribution in [-0.2, 0) is 5.33 Å². The van der Waals surface area contributed by atoms with Crippen molar-refractivity contribution in [1.82, 2.24) is 0 Å². The highest BCUT2D eigenvalue weighted by Crippen LogP contribution is 2.41. The third-order valence-electron chi connectivity index (χ3n) is 2.01. The molecule has 0 aliphatic carbocycles. The van der Waals surface area contributed by atoms with Gasteiger partial charge in [0.15, 0.2) is 0 Å². The monoisotopic (exact) mass is 350 g/mol. The lowest BCUT2D eigenvalue weighted by Crippen LogP contribution is -1.74. The van der Waals surface area contributed by atoms with Gasteiger partial charge >= 0.3 is 0 Å². The second kappa shape index (κ2) is 4.56. The molecule has 0 amide bonds. The van der Waals surface area contributed by atoms with Gasteiger partial charge in [0.2, 0.25) is 0 Å². The van der Waals surface area contributed by atoms with Gasteiger partial charge in [-0.1, -0.05) is 37.9 Å². The summed E-state index contributed by atoms with van der Waals surface area (Å²) in [5, 5.41) is 2.30. The van der Waals surface area contributed by atoms with E-state index in [9.17, 15) is 0 Å². The fourth-order valence-corrected chi connectivity index (χ4v) is 5.21. The van der Waals surface area contributed by atoms with E-state index in [2.05, 4.69) is 56.3 Å². The minimum absolute atomic E-state index is 0.939. The van der Waals surface area contributed by atoms with E-state index in [1.54, 1.807) is 0 Å². The highest BCUT2D eigenvalue weighted by atomic mass is 79.9. The SMILES string of the molecule is CSc1c(CBr)sc2cccc(Br)c12. The first kappa shape index (κ1) is 11.0. The molecule has 1 heterocycles. The summed E-state index contributed by atoms with van der Waals surface area (Å²) in [6.45, 7) is 0. The molecule has 1 aromatic heterocycles. The Morgan fingerprint density at radius 1 is 1.43 bits per heavy atom. The van der Waals surface area contributed by atoms with Crippen LogP contribution in [-0.4, -0.2) is 6.26 Å². The van der Waals surface area contributed by atoms with Crippen LogP contribution in [0.25, 0.3) is 10.1 Å². The topological polar surface area (TPSA) is 0 Å². The molecule has 0 atom stereocenters. The maximum atomic E-state index is 3.61. The summed E-state index contributed by atoms with van der Waals surface area (Å²) in [6, 6.07) is 6.37. The molecule has 74 valence electrons. The third-order valence-corrected chi connectivity index (χ3v) is 5.75. The zero-order valence-corrected chi connectivity index (χ0v) is 12.3. The van der Waals surface area contributed by atoms with Crippen molar-refractivity contribution < 1.29 is 0 Å². The molecule has 0 bridgehead atoms. The summed E-state index contributed by atoms with van der Waals surface area (Å²) in [6.07, 6.45) is 2.13. The Hall–Kier alpha value is 0.490. The molecule has 0 aliphatic heterocycles. The molecule has 0 spiro atoms. The lowest BCUT2D eigenvalue weighted by molar-refractivity contribution is 1.43. The van der Waals surface area contributed by atoms with Gasteiger partial charge in [-0.25, -0.2) is 0 Å². The molecule has 0 N–H and O–H groups in total. The van der Waals surface area contributed by atoms with Crippen LogP contribution < -0.4 is 0 Å². The normalized spacial score (nSPS) is 11.1. The Bertz CT molecular complexity index is 462. The van der Waals surface area contributed by atoms with Crippen LogP contribution in [0.1, 0.15) is 4.88 Å². The van der Waals surface area contributed by atoms with Crippen molar-refractivity contribution in [1.29, 1.82) is 0 Å². The summed E-state index contributed by atoms with van der Waals surface area (Å²) in [4.78, 5) is 2.81. The van der Waals surface area contributed by atoms with E-state index >= 15 is 0 Å². The number of thiophene rings is 1. The minimum Gasteiger partial charge on any atom is -0.138 e. The second-order valence-corrected chi connectivity index (χ2v) is 6.17. The highest BCUT2D eigenvalue weighted by Gasteiger charge is 2.12. The highest BCUT2D eigenvalue weighted by molar-refractivity contribution is 9.10. The molecule has 2 rings (SSSR count). The van der Waals surface area contributed by atoms with Gasteiger partial charge in [0.25, 0.3) is 0 Å². The average Bonchev–Trinajstić information content (AvgIpc) is 2.56. The molecule has 0 nitrogen and oxygen atoms in total. The van der Waals surface area contributed by atoms with Gasteiger partial charge in [-0.2, -0.15) is 0 Å². The van der Waals surface area contributed by atoms with Crippen molar-refractivity contribution in [2.45, 2.75) is 10.2 Å². The molecule has 0 unspecified atom stereocenters. The molecule has 0 radical (unpaired) electrons. The molecule has 0 fully saturated rings. The van der Waals surface area contributed by atoms with Crippen LogP contribution in [0, 0.1) is 0 Å². The van der Waals surface area contributed by atoms with Gasteiger partial charge in [0.1, 0.15) is 0 Å². The van der Waals surface area contributed by atoms with E-state index in [1.165, 1.54) is 24.3 Å². The second-order valence-electron chi connectivity index (χ2n) is 2.81. The minimum atomic E-state index is 0.939. The summed E-state index contributed by atoms with van der Waals surface area (Å²) >= 11 is 10.8. The van der Waals surface area contributed by atoms with E-state index < -0.39 is 0 Å². The molecule has 2 aromatic rings. The van der Waals surface area contributed by atoms with E-state index in [0.29, 0.717) is 0 Å². The molecular formula is C10H8Br2S2. The van der Waals surface area contributed by atoms with Crippen molar-refractivity contribution in [3.05, 3.63) is 27.5 Å². The summed E-state index contributed by atoms with van der Waals surface area (Å²) in [5.41, 5.74) is 0. The fourth-order valence-electron chi connectivity index (χ4n) is 1.43. The molecule has 14 heavy (non-hydrogen) atoms. The van der Waals surface area contributed by atoms with E-state index in [0.717, 1.165) is 5.33 Å². The van der Waals surface area contributed by atoms with Gasteiger partial charge < -0.3 is 0 Å². The first-order chi connectivity index (χ1) is 6.77. The number of fused-ring (bicyclic) bond motifs is 1. The molecular weight excluding hydrogens is 344 g/mol. The predicted octanol–water partition coefficient (Wildman–Crippen LogP) is 5.28. The van der Waals surface area contributed by atoms with Gasteiger partial charge in [-0.3, -0.25) is 0 Å². The van der Waals surface area contributed by atoms with Crippen molar-refractivity contribution >= 4 is 65.0 Å². The summed E-state index contributed by atoms with van der Waals surface area (Å²) in [5.74, 6) is 0. The number of alkyl halides is 1. The summed E-state index contributed by atoms with van der Waals surface area (Å²) in [7, 11) is 0. The standard InChI is InChI=1S/C10H8Br2S2/c1-13-10-8(5-11)14-7-4-2-3-6(12)9(7)10/h2-4H,5H2,1H3. The van der Waals surface area contributed by atoms with Crippen LogP contribution in [0.2, 0.25) is 0 Å². The van der Waals surface area contributed by atoms with Crippen molar-refractivity contribution in [2.75, 3.05) is 6.26 Å². The molecule has 0 saturated carbocycles. The number of benzene rings is 1. The molecule has 1 aromatic carbocycles. The largest absolute Gasteiger partial charge is 0.138 e. The zero-order chi connectivity index (χ0) is 10.1. The van der Waals surface area contributed by atoms with Crippen molar-refractivity contribution in [3.8, 4) is 0 Å². The zero-order valence-electron chi connectivity index (χ0n) is 7.51. The van der Waals surface area contributed by atoms with Crippen molar-refractivity contribution in [2.24, 2.45) is 0 Å². The van der Waals surface area contributed by atoms with Crippen LogP contribution in [0.3, 0.4) is 0 Å². The Morgan fingerprint density at radius 2 is 2.21 bits per heavy atom. The van der Waals surface area contributed by atoms with Crippen molar-refractivity contribution in [3.63, 3.8) is 0 Å². The van der Waals surface area contributed by atoms with Crippen LogP contribution >= 0.6 is 55.0 Å². The number of halogens is 2. The first-order valence-electron chi connectivity index (χ1n) is 4.07. The van der Waals surface area contributed by atoms with Gasteiger partial charge in [0.05, 0.1) is 0 Å². The number of hydrogen-bond donors (Lipinski definition) is 0. The molecule has 0 aliphatic rings. The molecule has 4 heteroatoms. The lowest BCUT2D eigenvalue weighted by atomic mass is 10.2. The predicted molar refractivity (Wildman–Crippen MR) is 73.9 cm³/mol. The van der Waals surface area contributed by atoms with Crippen LogP contribution in [0.5, 0.6) is 0 Å². The Labute approximate surface area is 108 Å². The van der Waals surface area contributed by atoms with Crippen LogP contribution in [0.15, 0.2) is 27.6 Å². The molecule has 0 saturated heterocycles. The number of hydrogen-bond acceptors (Lipinski definition) is 2.